The first-order valence-corrected chi connectivity index (χ1v) is 6.79. The van der Waals surface area contributed by atoms with Crippen molar-refractivity contribution in [1.29, 1.82) is 0 Å². The van der Waals surface area contributed by atoms with Gasteiger partial charge in [-0.05, 0) is 37.1 Å². The van der Waals surface area contributed by atoms with Gasteiger partial charge in [-0.3, -0.25) is 4.90 Å². The fourth-order valence-corrected chi connectivity index (χ4v) is 2.67. The Morgan fingerprint density at radius 2 is 2.05 bits per heavy atom. The average Bonchev–Trinajstić information content (AvgIpc) is 2.86. The van der Waals surface area contributed by atoms with Gasteiger partial charge < -0.3 is 14.6 Å². The highest BCUT2D eigenvalue weighted by Crippen LogP contribution is 2.23. The van der Waals surface area contributed by atoms with Gasteiger partial charge in [-0.2, -0.15) is 0 Å². The van der Waals surface area contributed by atoms with Gasteiger partial charge in [0.05, 0.1) is 19.8 Å². The summed E-state index contributed by atoms with van der Waals surface area (Å²) in [7, 11) is 3.38. The maximum Gasteiger partial charge on any atom is 0.118 e. The Bertz CT molecular complexity index is 379. The van der Waals surface area contributed by atoms with Crippen molar-refractivity contribution in [3.05, 3.63) is 29.8 Å². The summed E-state index contributed by atoms with van der Waals surface area (Å²) in [6.07, 6.45) is 1.88. The Balaban J connectivity index is 1.93. The van der Waals surface area contributed by atoms with Crippen molar-refractivity contribution in [1.82, 2.24) is 4.90 Å². The molecule has 0 aromatic heterocycles. The maximum atomic E-state index is 10.3. The largest absolute Gasteiger partial charge is 0.497 e. The SMILES string of the molecule is COC[C@@H]1CCCN1C[C@H](O)c1ccc(OC)cc1. The second-order valence-electron chi connectivity index (χ2n) is 5.04. The third-order valence-corrected chi connectivity index (χ3v) is 3.77. The van der Waals surface area contributed by atoms with E-state index in [4.69, 9.17) is 9.47 Å². The second kappa shape index (κ2) is 6.89. The molecule has 0 aliphatic carbocycles. The Morgan fingerprint density at radius 3 is 2.68 bits per heavy atom. The third-order valence-electron chi connectivity index (χ3n) is 3.77. The van der Waals surface area contributed by atoms with Crippen molar-refractivity contribution in [3.63, 3.8) is 0 Å². The van der Waals surface area contributed by atoms with Crippen LogP contribution in [0, 0.1) is 0 Å². The summed E-state index contributed by atoms with van der Waals surface area (Å²) in [6.45, 7) is 2.46. The minimum atomic E-state index is -0.455. The predicted molar refractivity (Wildman–Crippen MR) is 74.4 cm³/mol. The van der Waals surface area contributed by atoms with Crippen LogP contribution < -0.4 is 4.74 Å². The molecule has 4 nitrogen and oxygen atoms in total. The van der Waals surface area contributed by atoms with Crippen molar-refractivity contribution in [2.24, 2.45) is 0 Å². The fourth-order valence-electron chi connectivity index (χ4n) is 2.67. The van der Waals surface area contributed by atoms with E-state index in [-0.39, 0.29) is 0 Å². The zero-order valence-electron chi connectivity index (χ0n) is 11.7. The van der Waals surface area contributed by atoms with Crippen LogP contribution in [0.1, 0.15) is 24.5 Å². The standard InChI is InChI=1S/C15H23NO3/c1-18-11-13-4-3-9-16(13)10-15(17)12-5-7-14(19-2)8-6-12/h5-8,13,15,17H,3-4,9-11H2,1-2H3/t13-,15-/m0/s1. The summed E-state index contributed by atoms with van der Waals surface area (Å²) in [5.41, 5.74) is 0.934. The first-order valence-electron chi connectivity index (χ1n) is 6.79. The number of aliphatic hydroxyl groups is 1. The van der Waals surface area contributed by atoms with Crippen molar-refractivity contribution >= 4 is 0 Å². The molecule has 1 aromatic rings. The van der Waals surface area contributed by atoms with E-state index in [1.165, 1.54) is 6.42 Å². The zero-order chi connectivity index (χ0) is 13.7. The average molecular weight is 265 g/mol. The molecule has 1 saturated heterocycles. The van der Waals surface area contributed by atoms with Crippen LogP contribution in [-0.2, 0) is 4.74 Å². The molecule has 1 aliphatic rings. The van der Waals surface area contributed by atoms with E-state index in [1.54, 1.807) is 14.2 Å². The Morgan fingerprint density at radius 1 is 1.32 bits per heavy atom. The molecule has 4 heteroatoms. The van der Waals surface area contributed by atoms with Crippen molar-refractivity contribution in [3.8, 4) is 5.75 Å². The maximum absolute atomic E-state index is 10.3. The first kappa shape index (κ1) is 14.3. The number of hydrogen-bond acceptors (Lipinski definition) is 4. The number of benzene rings is 1. The molecule has 0 unspecified atom stereocenters. The predicted octanol–water partition coefficient (Wildman–Crippen LogP) is 1.84. The van der Waals surface area contributed by atoms with E-state index in [1.807, 2.05) is 24.3 Å². The molecule has 1 aromatic carbocycles. The Hall–Kier alpha value is -1.10. The van der Waals surface area contributed by atoms with Crippen LogP contribution in [0.2, 0.25) is 0 Å². The van der Waals surface area contributed by atoms with Crippen LogP contribution in [0.15, 0.2) is 24.3 Å². The molecule has 0 amide bonds. The second-order valence-corrected chi connectivity index (χ2v) is 5.04. The van der Waals surface area contributed by atoms with Crippen molar-refractivity contribution in [2.75, 3.05) is 33.9 Å². The lowest BCUT2D eigenvalue weighted by molar-refractivity contribution is 0.0703. The molecule has 1 heterocycles. The molecular formula is C15H23NO3. The number of aliphatic hydroxyl groups excluding tert-OH is 1. The molecule has 1 fully saturated rings. The number of ether oxygens (including phenoxy) is 2. The Labute approximate surface area is 114 Å². The molecule has 0 radical (unpaired) electrons. The van der Waals surface area contributed by atoms with E-state index in [0.29, 0.717) is 12.6 Å². The lowest BCUT2D eigenvalue weighted by Crippen LogP contribution is -2.36. The monoisotopic (exact) mass is 265 g/mol. The summed E-state index contributed by atoms with van der Waals surface area (Å²) in [5.74, 6) is 0.814. The van der Waals surface area contributed by atoms with Gasteiger partial charge in [-0.25, -0.2) is 0 Å². The summed E-state index contributed by atoms with van der Waals surface area (Å²) in [6, 6.07) is 8.05. The molecule has 2 atom stereocenters. The number of nitrogens with zero attached hydrogens (tertiary/aromatic N) is 1. The number of hydrogen-bond donors (Lipinski definition) is 1. The summed E-state index contributed by atoms with van der Waals surface area (Å²) in [4.78, 5) is 2.32. The highest BCUT2D eigenvalue weighted by molar-refractivity contribution is 5.28. The number of methoxy groups -OCH3 is 2. The highest BCUT2D eigenvalue weighted by atomic mass is 16.5. The van der Waals surface area contributed by atoms with Crippen LogP contribution in [0.3, 0.4) is 0 Å². The summed E-state index contributed by atoms with van der Waals surface area (Å²) >= 11 is 0. The van der Waals surface area contributed by atoms with Gasteiger partial charge in [-0.1, -0.05) is 12.1 Å². The van der Waals surface area contributed by atoms with Gasteiger partial charge in [-0.15, -0.1) is 0 Å². The normalized spacial score (nSPS) is 21.5. The van der Waals surface area contributed by atoms with Gasteiger partial charge in [0.15, 0.2) is 0 Å². The Kier molecular flexibility index (Phi) is 5.19. The van der Waals surface area contributed by atoms with Gasteiger partial charge in [0.2, 0.25) is 0 Å². The van der Waals surface area contributed by atoms with E-state index in [0.717, 1.165) is 30.9 Å². The molecule has 0 saturated carbocycles. The first-order chi connectivity index (χ1) is 9.24. The van der Waals surface area contributed by atoms with Crippen molar-refractivity contribution < 1.29 is 14.6 Å². The van der Waals surface area contributed by atoms with Crippen molar-refractivity contribution in [2.45, 2.75) is 25.0 Å². The molecule has 0 bridgehead atoms. The summed E-state index contributed by atoms with van der Waals surface area (Å²) in [5, 5.41) is 10.3. The van der Waals surface area contributed by atoms with Gasteiger partial charge >= 0.3 is 0 Å². The fraction of sp³-hybridized carbons (Fsp3) is 0.600. The zero-order valence-corrected chi connectivity index (χ0v) is 11.7. The number of likely N-dealkylation sites (tertiary alicyclic amines) is 1. The van der Waals surface area contributed by atoms with E-state index >= 15 is 0 Å². The molecule has 1 aliphatic heterocycles. The summed E-state index contributed by atoms with van der Waals surface area (Å²) < 4.78 is 10.4. The quantitative estimate of drug-likeness (QED) is 0.852. The topological polar surface area (TPSA) is 41.9 Å². The van der Waals surface area contributed by atoms with Crippen LogP contribution in [0.25, 0.3) is 0 Å². The van der Waals surface area contributed by atoms with Crippen LogP contribution in [-0.4, -0.2) is 50.0 Å². The smallest absolute Gasteiger partial charge is 0.118 e. The minimum Gasteiger partial charge on any atom is -0.497 e. The van der Waals surface area contributed by atoms with Gasteiger partial charge in [0, 0.05) is 19.7 Å². The van der Waals surface area contributed by atoms with Crippen LogP contribution in [0.4, 0.5) is 0 Å². The number of β-amino-alcohol motifs (C(OH)–C–C–N with tert-alkyl or cyclic N) is 1. The van der Waals surface area contributed by atoms with Crippen LogP contribution >= 0.6 is 0 Å². The lowest BCUT2D eigenvalue weighted by atomic mass is 10.1. The highest BCUT2D eigenvalue weighted by Gasteiger charge is 2.26. The molecular weight excluding hydrogens is 242 g/mol. The van der Waals surface area contributed by atoms with E-state index in [2.05, 4.69) is 4.90 Å². The van der Waals surface area contributed by atoms with E-state index in [9.17, 15) is 5.11 Å². The number of rotatable bonds is 6. The molecule has 19 heavy (non-hydrogen) atoms. The molecule has 106 valence electrons. The van der Waals surface area contributed by atoms with Crippen LogP contribution in [0.5, 0.6) is 5.75 Å². The molecule has 0 spiro atoms. The third kappa shape index (κ3) is 3.69. The molecule has 1 N–H and O–H groups in total. The van der Waals surface area contributed by atoms with E-state index < -0.39 is 6.10 Å². The lowest BCUT2D eigenvalue weighted by Gasteiger charge is -2.26. The minimum absolute atomic E-state index is 0.442. The molecule has 2 rings (SSSR count). The van der Waals surface area contributed by atoms with Gasteiger partial charge in [0.1, 0.15) is 5.75 Å². The van der Waals surface area contributed by atoms with Gasteiger partial charge in [0.25, 0.3) is 0 Å².